The molecule has 0 aliphatic carbocycles. The van der Waals surface area contributed by atoms with Crippen LogP contribution in [0.15, 0.2) is 53.4 Å². The third kappa shape index (κ3) is 5.14. The Balaban J connectivity index is 1.63. The second-order valence-electron chi connectivity index (χ2n) is 6.58. The zero-order chi connectivity index (χ0) is 19.9. The van der Waals surface area contributed by atoms with Crippen molar-refractivity contribution in [2.45, 2.75) is 36.9 Å². The maximum atomic E-state index is 12.7. The number of thioether (sulfide) groups is 1. The van der Waals surface area contributed by atoms with Crippen molar-refractivity contribution in [2.75, 3.05) is 19.5 Å². The first-order valence-corrected chi connectivity index (χ1v) is 10.3. The zero-order valence-corrected chi connectivity index (χ0v) is 16.9. The van der Waals surface area contributed by atoms with Crippen molar-refractivity contribution < 1.29 is 23.8 Å². The van der Waals surface area contributed by atoms with Gasteiger partial charge in [0.15, 0.2) is 6.10 Å². The van der Waals surface area contributed by atoms with E-state index in [-0.39, 0.29) is 11.9 Å². The fraction of sp³-hybridized carbons (Fsp3) is 0.364. The summed E-state index contributed by atoms with van der Waals surface area (Å²) >= 11 is 1.58. The molecule has 0 amide bonds. The van der Waals surface area contributed by atoms with Crippen LogP contribution in [0.1, 0.15) is 40.5 Å². The molecule has 0 saturated carbocycles. The van der Waals surface area contributed by atoms with E-state index in [4.69, 9.17) is 14.2 Å². The smallest absolute Gasteiger partial charge is 0.339 e. The van der Waals surface area contributed by atoms with Crippen LogP contribution in [0, 0.1) is 0 Å². The van der Waals surface area contributed by atoms with Crippen molar-refractivity contribution in [1.29, 1.82) is 0 Å². The molecule has 6 heteroatoms. The van der Waals surface area contributed by atoms with Crippen LogP contribution in [0.4, 0.5) is 0 Å². The second kappa shape index (κ2) is 9.75. The fourth-order valence-corrected chi connectivity index (χ4v) is 4.10. The van der Waals surface area contributed by atoms with E-state index in [9.17, 15) is 9.59 Å². The Morgan fingerprint density at radius 2 is 1.93 bits per heavy atom. The van der Waals surface area contributed by atoms with Crippen LogP contribution in [0.3, 0.4) is 0 Å². The highest BCUT2D eigenvalue weighted by molar-refractivity contribution is 7.99. The highest BCUT2D eigenvalue weighted by atomic mass is 32.2. The van der Waals surface area contributed by atoms with Crippen LogP contribution in [-0.4, -0.2) is 43.4 Å². The molecule has 0 spiro atoms. The van der Waals surface area contributed by atoms with E-state index in [0.29, 0.717) is 16.9 Å². The van der Waals surface area contributed by atoms with Gasteiger partial charge in [-0.1, -0.05) is 12.1 Å². The molecule has 3 rings (SSSR count). The molecule has 1 saturated heterocycles. The van der Waals surface area contributed by atoms with Crippen LogP contribution >= 0.6 is 11.8 Å². The molecule has 28 heavy (non-hydrogen) atoms. The number of carbonyl (C=O) groups excluding carboxylic acids is 2. The van der Waals surface area contributed by atoms with Crippen LogP contribution in [-0.2, 0) is 9.47 Å². The van der Waals surface area contributed by atoms with Gasteiger partial charge in [-0.2, -0.15) is 0 Å². The number of hydrogen-bond acceptors (Lipinski definition) is 6. The second-order valence-corrected chi connectivity index (χ2v) is 7.64. The number of ketones is 1. The molecule has 1 aliphatic rings. The van der Waals surface area contributed by atoms with Crippen molar-refractivity contribution in [3.63, 3.8) is 0 Å². The Bertz CT molecular complexity index is 812. The Labute approximate surface area is 169 Å². The van der Waals surface area contributed by atoms with E-state index in [1.807, 2.05) is 12.1 Å². The Kier molecular flexibility index (Phi) is 7.12. The minimum absolute atomic E-state index is 0.227. The third-order valence-corrected chi connectivity index (χ3v) is 5.79. The Morgan fingerprint density at radius 3 is 2.61 bits per heavy atom. The van der Waals surface area contributed by atoms with Gasteiger partial charge in [0.25, 0.3) is 0 Å². The van der Waals surface area contributed by atoms with Gasteiger partial charge in [0, 0.05) is 22.8 Å². The van der Waals surface area contributed by atoms with Crippen LogP contribution in [0.2, 0.25) is 0 Å². The number of esters is 1. The first kappa shape index (κ1) is 20.4. The number of Topliss-reactive ketones (excluding diaryl/α,β-unsaturated/α-hetero) is 1. The van der Waals surface area contributed by atoms with Crippen LogP contribution < -0.4 is 4.74 Å². The highest BCUT2D eigenvalue weighted by Crippen LogP contribution is 2.27. The Hall–Kier alpha value is -2.31. The van der Waals surface area contributed by atoms with Crippen LogP contribution in [0.25, 0.3) is 0 Å². The van der Waals surface area contributed by atoms with Gasteiger partial charge in [-0.25, -0.2) is 4.79 Å². The molecule has 2 aromatic rings. The maximum absolute atomic E-state index is 12.7. The SMILES string of the molecule is COc1ccc(C(=O)[C@@H](C)OC(=O)c2ccccc2SC[C@H]2CCCO2)cc1. The molecular formula is C22H24O5S. The number of hydrogen-bond donors (Lipinski definition) is 0. The van der Waals surface area contributed by atoms with E-state index >= 15 is 0 Å². The molecule has 2 aromatic carbocycles. The average molecular weight is 400 g/mol. The average Bonchev–Trinajstić information content (AvgIpc) is 3.25. The lowest BCUT2D eigenvalue weighted by Gasteiger charge is -2.15. The Morgan fingerprint density at radius 1 is 1.18 bits per heavy atom. The van der Waals surface area contributed by atoms with E-state index in [0.717, 1.165) is 30.1 Å². The molecule has 0 N–H and O–H groups in total. The normalized spacial score (nSPS) is 17.1. The minimum atomic E-state index is -0.878. The predicted octanol–water partition coefficient (Wildman–Crippen LogP) is 4.39. The number of benzene rings is 2. The van der Waals surface area contributed by atoms with Gasteiger partial charge >= 0.3 is 5.97 Å². The lowest BCUT2D eigenvalue weighted by Crippen LogP contribution is -2.24. The molecule has 2 atom stereocenters. The number of ether oxygens (including phenoxy) is 3. The van der Waals surface area contributed by atoms with E-state index in [1.54, 1.807) is 62.2 Å². The van der Waals surface area contributed by atoms with Crippen molar-refractivity contribution >= 4 is 23.5 Å². The quantitative estimate of drug-likeness (QED) is 0.372. The van der Waals surface area contributed by atoms with Gasteiger partial charge in [-0.3, -0.25) is 4.79 Å². The summed E-state index contributed by atoms with van der Waals surface area (Å²) in [5.41, 5.74) is 0.946. The summed E-state index contributed by atoms with van der Waals surface area (Å²) in [5, 5.41) is 0. The van der Waals surface area contributed by atoms with E-state index < -0.39 is 12.1 Å². The van der Waals surface area contributed by atoms with E-state index in [2.05, 4.69) is 0 Å². The summed E-state index contributed by atoms with van der Waals surface area (Å²) < 4.78 is 16.2. The monoisotopic (exact) mass is 400 g/mol. The molecule has 1 heterocycles. The summed E-state index contributed by atoms with van der Waals surface area (Å²) in [6.07, 6.45) is 1.48. The van der Waals surface area contributed by atoms with Crippen molar-refractivity contribution in [2.24, 2.45) is 0 Å². The minimum Gasteiger partial charge on any atom is -0.497 e. The molecular weight excluding hydrogens is 376 g/mol. The fourth-order valence-electron chi connectivity index (χ4n) is 2.99. The van der Waals surface area contributed by atoms with E-state index in [1.165, 1.54) is 0 Å². The predicted molar refractivity (Wildman–Crippen MR) is 108 cm³/mol. The highest BCUT2D eigenvalue weighted by Gasteiger charge is 2.23. The van der Waals surface area contributed by atoms with Crippen molar-refractivity contribution in [3.8, 4) is 5.75 Å². The molecule has 0 unspecified atom stereocenters. The summed E-state index contributed by atoms with van der Waals surface area (Å²) in [4.78, 5) is 26.1. The number of carbonyl (C=O) groups is 2. The largest absolute Gasteiger partial charge is 0.497 e. The molecule has 148 valence electrons. The van der Waals surface area contributed by atoms with Crippen molar-refractivity contribution in [1.82, 2.24) is 0 Å². The van der Waals surface area contributed by atoms with Crippen LogP contribution in [0.5, 0.6) is 5.75 Å². The molecule has 1 aliphatic heterocycles. The number of methoxy groups -OCH3 is 1. The van der Waals surface area contributed by atoms with Crippen molar-refractivity contribution in [3.05, 3.63) is 59.7 Å². The number of rotatable bonds is 8. The maximum Gasteiger partial charge on any atom is 0.339 e. The summed E-state index contributed by atoms with van der Waals surface area (Å²) in [6.45, 7) is 2.40. The topological polar surface area (TPSA) is 61.8 Å². The zero-order valence-electron chi connectivity index (χ0n) is 16.1. The summed E-state index contributed by atoms with van der Waals surface area (Å²) in [5.74, 6) is 0.716. The lowest BCUT2D eigenvalue weighted by molar-refractivity contribution is 0.0315. The lowest BCUT2D eigenvalue weighted by atomic mass is 10.1. The standard InChI is InChI=1S/C22H24O5S/c1-15(21(23)16-9-11-17(25-2)12-10-16)27-22(24)19-7-3-4-8-20(19)28-14-18-6-5-13-26-18/h3-4,7-12,15,18H,5-6,13-14H2,1-2H3/t15-,18-/m1/s1. The first-order valence-electron chi connectivity index (χ1n) is 9.31. The van der Waals surface area contributed by atoms with Gasteiger partial charge in [-0.05, 0) is 56.2 Å². The van der Waals surface area contributed by atoms with Gasteiger partial charge < -0.3 is 14.2 Å². The molecule has 0 bridgehead atoms. The van der Waals surface area contributed by atoms with Gasteiger partial charge in [-0.15, -0.1) is 11.8 Å². The summed E-state index contributed by atoms with van der Waals surface area (Å²) in [6, 6.07) is 14.0. The molecule has 0 radical (unpaired) electrons. The van der Waals surface area contributed by atoms with Gasteiger partial charge in [0.2, 0.25) is 5.78 Å². The first-order chi connectivity index (χ1) is 13.6. The third-order valence-electron chi connectivity index (χ3n) is 4.58. The summed E-state index contributed by atoms with van der Waals surface area (Å²) in [7, 11) is 1.57. The molecule has 0 aromatic heterocycles. The molecule has 5 nitrogen and oxygen atoms in total. The van der Waals surface area contributed by atoms with Gasteiger partial charge in [0.1, 0.15) is 5.75 Å². The van der Waals surface area contributed by atoms with Gasteiger partial charge in [0.05, 0.1) is 18.8 Å². The molecule has 1 fully saturated rings.